The molecule has 0 radical (unpaired) electrons. The molecule has 13 nitrogen and oxygen atoms in total. The van der Waals surface area contributed by atoms with Gasteiger partial charge < -0.3 is 20.3 Å². The normalized spacial score (nSPS) is 30.5. The largest absolute Gasteiger partial charge is 0.444 e. The molecular weight excluding hydrogens is 621 g/mol. The fourth-order valence-corrected chi connectivity index (χ4v) is 8.04. The molecule has 3 heterocycles. The third-order valence-corrected chi connectivity index (χ3v) is 11.4. The van der Waals surface area contributed by atoms with Gasteiger partial charge in [-0.3, -0.25) is 28.8 Å². The Morgan fingerprint density at radius 2 is 1.91 bits per heavy atom. The summed E-state index contributed by atoms with van der Waals surface area (Å²) in [6, 6.07) is 2.51. The third-order valence-electron chi connectivity index (χ3n) is 9.56. The van der Waals surface area contributed by atoms with Crippen molar-refractivity contribution < 1.29 is 41.5 Å². The minimum atomic E-state index is -3.89. The molecule has 1 aromatic rings. The number of hydrogen-bond donors (Lipinski definition) is 3. The number of allylic oxidation sites excluding steroid dienone is 1. The Morgan fingerprint density at radius 1 is 1.11 bits per heavy atom. The molecule has 0 unspecified atom stereocenters. The van der Waals surface area contributed by atoms with Crippen molar-refractivity contribution in [2.75, 3.05) is 6.54 Å². The van der Waals surface area contributed by atoms with Crippen LogP contribution in [-0.4, -0.2) is 84.0 Å². The fraction of sp³-hybridized carbons (Fsp3) is 0.581. The van der Waals surface area contributed by atoms with Crippen molar-refractivity contribution in [1.29, 1.82) is 0 Å². The number of benzene rings is 1. The summed E-state index contributed by atoms with van der Waals surface area (Å²) in [5, 5.41) is 4.68. The first-order chi connectivity index (χ1) is 22.0. The summed E-state index contributed by atoms with van der Waals surface area (Å²) in [6.45, 7) is 0.0159. The highest BCUT2D eigenvalue weighted by atomic mass is 32.2. The number of amides is 5. The number of fused-ring (bicyclic) bond motifs is 3. The predicted octanol–water partition coefficient (Wildman–Crippen LogP) is 1.37. The Kier molecular flexibility index (Phi) is 8.79. The van der Waals surface area contributed by atoms with Crippen molar-refractivity contribution in [1.82, 2.24) is 25.2 Å². The first kappa shape index (κ1) is 32.0. The topological polar surface area (TPSA) is 171 Å². The first-order valence-electron chi connectivity index (χ1n) is 15.8. The Bertz CT molecular complexity index is 1570. The second-order valence-electron chi connectivity index (χ2n) is 12.8. The lowest BCUT2D eigenvalue weighted by Crippen LogP contribution is -2.58. The zero-order valence-electron chi connectivity index (χ0n) is 25.3. The van der Waals surface area contributed by atoms with Crippen molar-refractivity contribution in [3.63, 3.8) is 0 Å². The van der Waals surface area contributed by atoms with E-state index in [-0.39, 0.29) is 32.5 Å². The van der Waals surface area contributed by atoms with E-state index >= 15 is 0 Å². The molecule has 0 bridgehead atoms. The number of hydrogen-bond acceptors (Lipinski definition) is 8. The van der Waals surface area contributed by atoms with Crippen LogP contribution >= 0.6 is 0 Å². The van der Waals surface area contributed by atoms with Gasteiger partial charge in [-0.25, -0.2) is 17.6 Å². The summed E-state index contributed by atoms with van der Waals surface area (Å²) < 4.78 is 47.4. The van der Waals surface area contributed by atoms with Crippen LogP contribution < -0.4 is 15.4 Å². The van der Waals surface area contributed by atoms with E-state index < -0.39 is 74.5 Å². The Hall–Kier alpha value is -4.01. The van der Waals surface area contributed by atoms with Crippen LogP contribution in [0.2, 0.25) is 0 Å². The van der Waals surface area contributed by atoms with Crippen molar-refractivity contribution in [2.24, 2.45) is 5.92 Å². The molecule has 248 valence electrons. The van der Waals surface area contributed by atoms with Gasteiger partial charge in [-0.15, -0.1) is 0 Å². The lowest BCUT2D eigenvalue weighted by molar-refractivity contribution is -0.141. The second-order valence-corrected chi connectivity index (χ2v) is 14.8. The Balaban J connectivity index is 1.23. The molecule has 0 spiro atoms. The summed E-state index contributed by atoms with van der Waals surface area (Å²) in [5.74, 6) is -2.93. The molecule has 0 aromatic heterocycles. The number of ether oxygens (including phenoxy) is 1. The van der Waals surface area contributed by atoms with E-state index in [1.807, 2.05) is 12.2 Å². The van der Waals surface area contributed by atoms with Gasteiger partial charge in [-0.1, -0.05) is 37.1 Å². The number of carbonyl (C=O) groups is 5. The summed E-state index contributed by atoms with van der Waals surface area (Å²) in [5.41, 5.74) is -0.463. The Morgan fingerprint density at radius 3 is 2.65 bits per heavy atom. The molecule has 46 heavy (non-hydrogen) atoms. The van der Waals surface area contributed by atoms with Crippen molar-refractivity contribution >= 4 is 40.2 Å². The van der Waals surface area contributed by atoms with Crippen LogP contribution in [0.15, 0.2) is 30.4 Å². The number of nitrogens with zero attached hydrogens (tertiary/aromatic N) is 2. The van der Waals surface area contributed by atoms with E-state index in [0.717, 1.165) is 12.8 Å². The van der Waals surface area contributed by atoms with E-state index in [0.29, 0.717) is 49.6 Å². The van der Waals surface area contributed by atoms with Crippen LogP contribution in [0.5, 0.6) is 0 Å². The maximum absolute atomic E-state index is 14.3. The van der Waals surface area contributed by atoms with E-state index in [1.54, 1.807) is 12.1 Å². The van der Waals surface area contributed by atoms with Crippen molar-refractivity contribution in [2.45, 2.75) is 99.9 Å². The summed E-state index contributed by atoms with van der Waals surface area (Å²) in [7, 11) is -3.89. The van der Waals surface area contributed by atoms with E-state index in [4.69, 9.17) is 4.74 Å². The molecule has 3 N–H and O–H groups in total. The maximum atomic E-state index is 14.3. The SMILES string of the molecule is O=CN[C@H]1CCCCC/C=C\[C@@H]2C[C@@]2(C(=O)NS(=O)(=O)C2CC2)NC(=O)[C@@H]2C[C@@H](OC(=O)N3Cc4cccc(F)c4C3)CN2C1=O. The monoisotopic (exact) mass is 659 g/mol. The number of halogens is 1. The number of carbonyl (C=O) groups excluding carboxylic acids is 5. The average Bonchev–Trinajstić information content (AvgIpc) is 3.90. The molecule has 5 amide bonds. The second kappa shape index (κ2) is 12.6. The first-order valence-corrected chi connectivity index (χ1v) is 17.3. The van der Waals surface area contributed by atoms with Crippen molar-refractivity contribution in [3.05, 3.63) is 47.3 Å². The Labute approximate surface area is 266 Å². The van der Waals surface area contributed by atoms with Gasteiger partial charge in [0.25, 0.3) is 5.91 Å². The zero-order valence-corrected chi connectivity index (χ0v) is 26.1. The van der Waals surface area contributed by atoms with Gasteiger partial charge in [0.15, 0.2) is 0 Å². The summed E-state index contributed by atoms with van der Waals surface area (Å²) in [6.07, 6.45) is 6.75. The van der Waals surface area contributed by atoms with Gasteiger partial charge in [0.2, 0.25) is 28.2 Å². The van der Waals surface area contributed by atoms with Gasteiger partial charge in [-0.2, -0.15) is 0 Å². The van der Waals surface area contributed by atoms with Crippen LogP contribution in [0.4, 0.5) is 9.18 Å². The van der Waals surface area contributed by atoms with Gasteiger partial charge in [0.1, 0.15) is 29.5 Å². The predicted molar refractivity (Wildman–Crippen MR) is 160 cm³/mol. The van der Waals surface area contributed by atoms with Crippen molar-refractivity contribution in [3.8, 4) is 0 Å². The quantitative estimate of drug-likeness (QED) is 0.304. The molecule has 2 aliphatic carbocycles. The highest BCUT2D eigenvalue weighted by molar-refractivity contribution is 7.91. The minimum Gasteiger partial charge on any atom is -0.444 e. The average molecular weight is 660 g/mol. The molecule has 2 saturated carbocycles. The van der Waals surface area contributed by atoms with Crippen LogP contribution in [-0.2, 0) is 47.0 Å². The van der Waals surface area contributed by atoms with Gasteiger partial charge in [-0.05, 0) is 50.2 Å². The number of nitrogens with one attached hydrogen (secondary N) is 3. The molecule has 5 atom stereocenters. The van der Waals surface area contributed by atoms with Gasteiger partial charge in [0, 0.05) is 24.4 Å². The summed E-state index contributed by atoms with van der Waals surface area (Å²) in [4.78, 5) is 68.4. The zero-order chi connectivity index (χ0) is 32.6. The highest BCUT2D eigenvalue weighted by Crippen LogP contribution is 2.46. The fourth-order valence-electron chi connectivity index (χ4n) is 6.68. The molecule has 6 rings (SSSR count). The molecule has 5 aliphatic rings. The molecule has 1 saturated heterocycles. The third kappa shape index (κ3) is 6.46. The van der Waals surface area contributed by atoms with Gasteiger partial charge in [0.05, 0.1) is 18.3 Å². The van der Waals surface area contributed by atoms with E-state index in [2.05, 4.69) is 15.4 Å². The van der Waals surface area contributed by atoms with Gasteiger partial charge >= 0.3 is 6.09 Å². The van der Waals surface area contributed by atoms with E-state index in [9.17, 15) is 36.8 Å². The summed E-state index contributed by atoms with van der Waals surface area (Å²) >= 11 is 0. The molecule has 3 fully saturated rings. The molecular formula is C31H38FN5O8S. The van der Waals surface area contributed by atoms with Crippen LogP contribution in [0, 0.1) is 11.7 Å². The maximum Gasteiger partial charge on any atom is 0.410 e. The number of rotatable bonds is 6. The molecule has 15 heteroatoms. The lowest BCUT2D eigenvalue weighted by atomic mass is 10.1. The lowest BCUT2D eigenvalue weighted by Gasteiger charge is -2.29. The highest BCUT2D eigenvalue weighted by Gasteiger charge is 2.62. The van der Waals surface area contributed by atoms with Crippen LogP contribution in [0.3, 0.4) is 0 Å². The molecule has 1 aromatic carbocycles. The van der Waals surface area contributed by atoms with Crippen LogP contribution in [0.25, 0.3) is 0 Å². The van der Waals surface area contributed by atoms with E-state index in [1.165, 1.54) is 15.9 Å². The number of sulfonamides is 1. The minimum absolute atomic E-state index is 0.0156. The van der Waals surface area contributed by atoms with Crippen LogP contribution in [0.1, 0.15) is 68.9 Å². The molecule has 3 aliphatic heterocycles. The standard InChI is InChI=1S/C31H38FN5O8S/c32-24-9-6-7-19-15-36(17-23(19)24)30(42)45-21-13-26-27(39)34-31(29(41)35-46(43,44)22-11-12-22)14-20(31)8-4-2-1-3-5-10-25(33-18-38)28(40)37(26)16-21/h4,6-9,18,20-22,25-26H,1-3,5,10-17H2,(H,33,38)(H,34,39)(H,35,41)/b8-4-/t20-,21-,25+,26+,31-/m1/s1. The smallest absolute Gasteiger partial charge is 0.410 e.